The molecule has 0 aromatic carbocycles. The third-order valence-corrected chi connectivity index (χ3v) is 5.00. The Hall–Kier alpha value is -1.36. The van der Waals surface area contributed by atoms with Crippen molar-refractivity contribution in [1.82, 2.24) is 0 Å². The summed E-state index contributed by atoms with van der Waals surface area (Å²) >= 11 is 0. The molecule has 1 saturated heterocycles. The van der Waals surface area contributed by atoms with Crippen LogP contribution in [-0.4, -0.2) is 34.9 Å². The first-order chi connectivity index (χ1) is 9.51. The summed E-state index contributed by atoms with van der Waals surface area (Å²) in [4.78, 5) is 23.4. The van der Waals surface area contributed by atoms with Crippen LogP contribution in [0.5, 0.6) is 0 Å². The second-order valence-corrected chi connectivity index (χ2v) is 6.06. The van der Waals surface area contributed by atoms with E-state index in [-0.39, 0.29) is 36.6 Å². The van der Waals surface area contributed by atoms with Gasteiger partial charge >= 0.3 is 11.9 Å². The zero-order chi connectivity index (χ0) is 14.4. The molecule has 0 bridgehead atoms. The van der Waals surface area contributed by atoms with Crippen LogP contribution in [-0.2, 0) is 19.1 Å². The van der Waals surface area contributed by atoms with E-state index in [2.05, 4.69) is 0 Å². The van der Waals surface area contributed by atoms with Gasteiger partial charge in [0.2, 0.25) is 0 Å². The number of ether oxygens (including phenoxy) is 2. The molecule has 110 valence electrons. The molecule has 1 heterocycles. The first-order valence-corrected chi connectivity index (χ1v) is 7.25. The molecular weight excluding hydrogens is 260 g/mol. The highest BCUT2D eigenvalue weighted by Gasteiger charge is 2.70. The number of allylic oxidation sites excluding steroid dienone is 1. The predicted molar refractivity (Wildman–Crippen MR) is 69.6 cm³/mol. The third-order valence-electron chi connectivity index (χ3n) is 5.00. The van der Waals surface area contributed by atoms with Crippen LogP contribution >= 0.6 is 0 Å². The number of hydrogen-bond acceptors (Lipinski definition) is 5. The van der Waals surface area contributed by atoms with E-state index >= 15 is 0 Å². The summed E-state index contributed by atoms with van der Waals surface area (Å²) in [6.45, 7) is 2.14. The van der Waals surface area contributed by atoms with Gasteiger partial charge in [-0.3, -0.25) is 9.59 Å². The van der Waals surface area contributed by atoms with Gasteiger partial charge in [-0.2, -0.15) is 0 Å². The highest BCUT2D eigenvalue weighted by Crippen LogP contribution is 2.60. The summed E-state index contributed by atoms with van der Waals surface area (Å²) in [5.74, 6) is -0.551. The minimum atomic E-state index is -1.13. The minimum absolute atomic E-state index is 0.00774. The van der Waals surface area contributed by atoms with E-state index in [0.29, 0.717) is 19.4 Å². The second kappa shape index (κ2) is 4.58. The number of carbonyl (C=O) groups excluding carboxylic acids is 2. The maximum absolute atomic E-state index is 11.7. The highest BCUT2D eigenvalue weighted by molar-refractivity contribution is 5.76. The lowest BCUT2D eigenvalue weighted by atomic mass is 9.73. The van der Waals surface area contributed by atoms with E-state index in [1.54, 1.807) is 6.92 Å². The molecule has 5 heteroatoms. The van der Waals surface area contributed by atoms with Crippen molar-refractivity contribution in [2.45, 2.75) is 50.2 Å². The predicted octanol–water partition coefficient (Wildman–Crippen LogP) is 1.34. The van der Waals surface area contributed by atoms with E-state index < -0.39 is 11.2 Å². The van der Waals surface area contributed by atoms with Crippen molar-refractivity contribution >= 4 is 11.9 Å². The molecule has 20 heavy (non-hydrogen) atoms. The molecule has 2 fully saturated rings. The molecule has 1 spiro atoms. The largest absolute Gasteiger partial charge is 0.466 e. The van der Waals surface area contributed by atoms with Gasteiger partial charge in [-0.05, 0) is 25.7 Å². The molecule has 2 aliphatic carbocycles. The average Bonchev–Trinajstić information content (AvgIpc) is 2.72. The van der Waals surface area contributed by atoms with Crippen molar-refractivity contribution in [3.63, 3.8) is 0 Å². The maximum atomic E-state index is 11.7. The molecule has 0 amide bonds. The van der Waals surface area contributed by atoms with Crippen molar-refractivity contribution in [3.05, 3.63) is 12.2 Å². The SMILES string of the molecule is CCOC(=O)C[C@@H]1C[C@]2(O)CC(=O)O[C@@]23CC=CC[C@H]13. The molecule has 5 nitrogen and oxygen atoms in total. The van der Waals surface area contributed by atoms with E-state index in [9.17, 15) is 14.7 Å². The molecular formula is C15H20O5. The standard InChI is InChI=1S/C15H20O5/c1-2-19-12(16)7-10-8-14(18)9-13(17)20-15(14)6-4-3-5-11(10)15/h3-4,10-11,18H,2,5-9H2,1H3/t10-,11-,14+,15-/m1/s1. The smallest absolute Gasteiger partial charge is 0.309 e. The molecule has 0 unspecified atom stereocenters. The van der Waals surface area contributed by atoms with Crippen LogP contribution in [0.2, 0.25) is 0 Å². The lowest BCUT2D eigenvalue weighted by molar-refractivity contribution is -0.162. The number of carbonyl (C=O) groups is 2. The Balaban J connectivity index is 1.86. The van der Waals surface area contributed by atoms with Crippen LogP contribution in [0.25, 0.3) is 0 Å². The summed E-state index contributed by atoms with van der Waals surface area (Å²) in [6, 6.07) is 0. The van der Waals surface area contributed by atoms with E-state index in [0.717, 1.165) is 6.42 Å². The number of rotatable bonds is 3. The Labute approximate surface area is 117 Å². The zero-order valence-corrected chi connectivity index (χ0v) is 11.6. The van der Waals surface area contributed by atoms with E-state index in [1.165, 1.54) is 0 Å². The van der Waals surface area contributed by atoms with Crippen molar-refractivity contribution < 1.29 is 24.2 Å². The van der Waals surface area contributed by atoms with Gasteiger partial charge in [0.15, 0.2) is 0 Å². The normalized spacial score (nSPS) is 42.0. The van der Waals surface area contributed by atoms with Crippen LogP contribution in [0.1, 0.15) is 39.0 Å². The van der Waals surface area contributed by atoms with Crippen molar-refractivity contribution in [1.29, 1.82) is 0 Å². The Morgan fingerprint density at radius 1 is 1.55 bits per heavy atom. The van der Waals surface area contributed by atoms with Crippen molar-refractivity contribution in [2.75, 3.05) is 6.61 Å². The lowest BCUT2D eigenvalue weighted by Crippen LogP contribution is -2.51. The topological polar surface area (TPSA) is 72.8 Å². The van der Waals surface area contributed by atoms with Gasteiger partial charge in [-0.25, -0.2) is 0 Å². The minimum Gasteiger partial charge on any atom is -0.466 e. The summed E-state index contributed by atoms with van der Waals surface area (Å²) in [7, 11) is 0. The van der Waals surface area contributed by atoms with Gasteiger partial charge in [0, 0.05) is 18.8 Å². The van der Waals surface area contributed by atoms with Gasteiger partial charge in [0.25, 0.3) is 0 Å². The molecule has 1 N–H and O–H groups in total. The van der Waals surface area contributed by atoms with Crippen LogP contribution < -0.4 is 0 Å². The van der Waals surface area contributed by atoms with Gasteiger partial charge in [-0.1, -0.05) is 12.2 Å². The molecule has 0 radical (unpaired) electrons. The Morgan fingerprint density at radius 3 is 3.10 bits per heavy atom. The first kappa shape index (κ1) is 13.6. The zero-order valence-electron chi connectivity index (χ0n) is 11.6. The van der Waals surface area contributed by atoms with Crippen molar-refractivity contribution in [3.8, 4) is 0 Å². The maximum Gasteiger partial charge on any atom is 0.309 e. The molecule has 4 atom stereocenters. The van der Waals surface area contributed by atoms with Crippen LogP contribution in [0.4, 0.5) is 0 Å². The first-order valence-electron chi connectivity index (χ1n) is 7.25. The highest BCUT2D eigenvalue weighted by atomic mass is 16.6. The fourth-order valence-electron chi connectivity index (χ4n) is 4.26. The Bertz CT molecular complexity index is 471. The molecule has 0 aromatic heterocycles. The average molecular weight is 280 g/mol. The lowest BCUT2D eigenvalue weighted by Gasteiger charge is -2.39. The summed E-state index contributed by atoms with van der Waals surface area (Å²) in [5, 5.41) is 10.9. The summed E-state index contributed by atoms with van der Waals surface area (Å²) in [6.07, 6.45) is 6.05. The summed E-state index contributed by atoms with van der Waals surface area (Å²) in [5.41, 5.74) is -1.95. The fourth-order valence-corrected chi connectivity index (χ4v) is 4.26. The van der Waals surface area contributed by atoms with Crippen LogP contribution in [0.3, 0.4) is 0 Å². The monoisotopic (exact) mass is 280 g/mol. The third kappa shape index (κ3) is 1.79. The number of hydrogen-bond donors (Lipinski definition) is 1. The van der Waals surface area contributed by atoms with E-state index in [1.807, 2.05) is 12.2 Å². The molecule has 0 aromatic rings. The van der Waals surface area contributed by atoms with E-state index in [4.69, 9.17) is 9.47 Å². The van der Waals surface area contributed by atoms with Crippen LogP contribution in [0.15, 0.2) is 12.2 Å². The summed E-state index contributed by atoms with van der Waals surface area (Å²) < 4.78 is 10.6. The molecule has 1 saturated carbocycles. The molecule has 3 aliphatic rings. The van der Waals surface area contributed by atoms with Gasteiger partial charge in [-0.15, -0.1) is 0 Å². The van der Waals surface area contributed by atoms with Gasteiger partial charge < -0.3 is 14.6 Å². The Kier molecular flexibility index (Phi) is 3.12. The van der Waals surface area contributed by atoms with Gasteiger partial charge in [0.05, 0.1) is 13.0 Å². The molecule has 3 rings (SSSR count). The van der Waals surface area contributed by atoms with Gasteiger partial charge in [0.1, 0.15) is 11.2 Å². The Morgan fingerprint density at radius 2 is 2.35 bits per heavy atom. The van der Waals surface area contributed by atoms with Crippen molar-refractivity contribution in [2.24, 2.45) is 11.8 Å². The second-order valence-electron chi connectivity index (χ2n) is 6.06. The fraction of sp³-hybridized carbons (Fsp3) is 0.733. The number of aliphatic hydroxyl groups is 1. The quantitative estimate of drug-likeness (QED) is 0.624. The number of esters is 2. The van der Waals surface area contributed by atoms with Crippen LogP contribution in [0, 0.1) is 11.8 Å². The molecule has 1 aliphatic heterocycles.